The van der Waals surface area contributed by atoms with Gasteiger partial charge in [0, 0.05) is 38.8 Å². The van der Waals surface area contributed by atoms with Gasteiger partial charge < -0.3 is 15.1 Å². The largest absolute Gasteiger partial charge is 0.337 e. The van der Waals surface area contributed by atoms with Crippen LogP contribution in [0, 0.1) is 0 Å². The molecule has 9 heteroatoms. The summed E-state index contributed by atoms with van der Waals surface area (Å²) in [6, 6.07) is 14.2. The number of amides is 3. The molecule has 0 saturated carbocycles. The highest BCUT2D eigenvalue weighted by atomic mass is 32.2. The van der Waals surface area contributed by atoms with Crippen LogP contribution in [0.1, 0.15) is 17.5 Å². The van der Waals surface area contributed by atoms with Gasteiger partial charge in [-0.2, -0.15) is 0 Å². The SMILES string of the molecule is CNS(=O)(=O)c1ccc2c(c1)CCN2C(=O)CCNC(=O)N(C)Cc1ccccc1. The first kappa shape index (κ1) is 21.8. The van der Waals surface area contributed by atoms with Crippen molar-refractivity contribution in [1.82, 2.24) is 14.9 Å². The van der Waals surface area contributed by atoms with E-state index in [4.69, 9.17) is 0 Å². The zero-order valence-electron chi connectivity index (χ0n) is 17.1. The van der Waals surface area contributed by atoms with Gasteiger partial charge in [0.25, 0.3) is 0 Å². The highest BCUT2D eigenvalue weighted by molar-refractivity contribution is 7.89. The summed E-state index contributed by atoms with van der Waals surface area (Å²) in [7, 11) is -0.447. The van der Waals surface area contributed by atoms with E-state index in [1.165, 1.54) is 13.1 Å². The van der Waals surface area contributed by atoms with E-state index in [0.29, 0.717) is 19.5 Å². The number of hydrogen-bond donors (Lipinski definition) is 2. The van der Waals surface area contributed by atoms with Crippen LogP contribution in [0.15, 0.2) is 53.4 Å². The molecule has 160 valence electrons. The van der Waals surface area contributed by atoms with Gasteiger partial charge in [-0.15, -0.1) is 0 Å². The average molecular weight is 431 g/mol. The molecule has 0 radical (unpaired) electrons. The third-order valence-corrected chi connectivity index (χ3v) is 6.46. The van der Waals surface area contributed by atoms with Crippen molar-refractivity contribution in [3.05, 3.63) is 59.7 Å². The summed E-state index contributed by atoms with van der Waals surface area (Å²) < 4.78 is 26.2. The second-order valence-electron chi connectivity index (χ2n) is 7.12. The number of rotatable bonds is 7. The number of nitrogens with zero attached hydrogens (tertiary/aromatic N) is 2. The summed E-state index contributed by atoms with van der Waals surface area (Å²) in [6.45, 7) is 1.21. The number of hydrogen-bond acceptors (Lipinski definition) is 4. The Morgan fingerprint density at radius 3 is 2.57 bits per heavy atom. The predicted molar refractivity (Wildman–Crippen MR) is 115 cm³/mol. The van der Waals surface area contributed by atoms with E-state index in [9.17, 15) is 18.0 Å². The van der Waals surface area contributed by atoms with Crippen LogP contribution < -0.4 is 14.9 Å². The van der Waals surface area contributed by atoms with Crippen LogP contribution in [-0.4, -0.2) is 52.4 Å². The number of fused-ring (bicyclic) bond motifs is 1. The average Bonchev–Trinajstić information content (AvgIpc) is 3.17. The topological polar surface area (TPSA) is 98.8 Å². The lowest BCUT2D eigenvalue weighted by Crippen LogP contribution is -2.39. The van der Waals surface area contributed by atoms with Crippen LogP contribution in [0.2, 0.25) is 0 Å². The van der Waals surface area contributed by atoms with Crippen molar-refractivity contribution in [1.29, 1.82) is 0 Å². The van der Waals surface area contributed by atoms with Crippen LogP contribution >= 0.6 is 0 Å². The minimum Gasteiger partial charge on any atom is -0.337 e. The number of carbonyl (C=O) groups excluding carboxylic acids is 2. The van der Waals surface area contributed by atoms with Gasteiger partial charge >= 0.3 is 6.03 Å². The normalized spacial score (nSPS) is 13.1. The van der Waals surface area contributed by atoms with Crippen LogP contribution in [0.3, 0.4) is 0 Å². The molecule has 30 heavy (non-hydrogen) atoms. The molecule has 3 amide bonds. The van der Waals surface area contributed by atoms with Gasteiger partial charge in [-0.1, -0.05) is 30.3 Å². The Hall–Kier alpha value is -2.91. The maximum Gasteiger partial charge on any atom is 0.317 e. The van der Waals surface area contributed by atoms with Crippen LogP contribution in [0.5, 0.6) is 0 Å². The third-order valence-electron chi connectivity index (χ3n) is 5.05. The number of nitrogens with one attached hydrogen (secondary N) is 2. The molecule has 0 aliphatic carbocycles. The molecule has 8 nitrogen and oxygen atoms in total. The summed E-state index contributed by atoms with van der Waals surface area (Å²) in [6.07, 6.45) is 0.765. The summed E-state index contributed by atoms with van der Waals surface area (Å²) >= 11 is 0. The fraction of sp³-hybridized carbons (Fsp3) is 0.333. The Kier molecular flexibility index (Phi) is 6.73. The van der Waals surface area contributed by atoms with E-state index in [0.717, 1.165) is 16.8 Å². The highest BCUT2D eigenvalue weighted by Crippen LogP contribution is 2.30. The van der Waals surface area contributed by atoms with Crippen molar-refractivity contribution in [2.75, 3.05) is 32.1 Å². The second-order valence-corrected chi connectivity index (χ2v) is 9.00. The first-order chi connectivity index (χ1) is 14.3. The van der Waals surface area contributed by atoms with Gasteiger partial charge in [-0.3, -0.25) is 4.79 Å². The molecule has 1 aliphatic rings. The van der Waals surface area contributed by atoms with Gasteiger partial charge in [0.1, 0.15) is 0 Å². The van der Waals surface area contributed by atoms with E-state index in [2.05, 4.69) is 10.0 Å². The first-order valence-corrected chi connectivity index (χ1v) is 11.2. The van der Waals surface area contributed by atoms with Crippen molar-refractivity contribution in [2.24, 2.45) is 0 Å². The Morgan fingerprint density at radius 2 is 1.87 bits per heavy atom. The molecule has 1 heterocycles. The molecule has 0 atom stereocenters. The summed E-state index contributed by atoms with van der Waals surface area (Å²) in [5.74, 6) is -0.107. The molecule has 0 aromatic heterocycles. The number of carbonyl (C=O) groups is 2. The predicted octanol–water partition coefficient (Wildman–Crippen LogP) is 1.72. The Bertz CT molecular complexity index is 1020. The van der Waals surface area contributed by atoms with Crippen molar-refractivity contribution < 1.29 is 18.0 Å². The van der Waals surface area contributed by atoms with E-state index < -0.39 is 10.0 Å². The minimum atomic E-state index is -3.52. The number of urea groups is 1. The third kappa shape index (κ3) is 4.98. The van der Waals surface area contributed by atoms with Gasteiger partial charge in [0.15, 0.2) is 0 Å². The zero-order valence-corrected chi connectivity index (χ0v) is 17.9. The Morgan fingerprint density at radius 1 is 1.13 bits per heavy atom. The summed E-state index contributed by atoms with van der Waals surface area (Å²) in [5, 5.41) is 2.77. The number of benzene rings is 2. The van der Waals surface area contributed by atoms with E-state index in [-0.39, 0.29) is 29.8 Å². The fourth-order valence-electron chi connectivity index (χ4n) is 3.40. The molecule has 0 fully saturated rings. The monoisotopic (exact) mass is 430 g/mol. The molecule has 0 bridgehead atoms. The van der Waals surface area contributed by atoms with Crippen molar-refractivity contribution >= 4 is 27.6 Å². The quantitative estimate of drug-likeness (QED) is 0.699. The fourth-order valence-corrected chi connectivity index (χ4v) is 4.18. The molecule has 2 N–H and O–H groups in total. The standard InChI is InChI=1S/C21H26N4O4S/c1-22-30(28,29)18-8-9-19-17(14-18)11-13-25(19)20(26)10-12-23-21(27)24(2)15-16-6-4-3-5-7-16/h3-9,14,22H,10-13,15H2,1-2H3,(H,23,27). The summed E-state index contributed by atoms with van der Waals surface area (Å²) in [4.78, 5) is 28.2. The second kappa shape index (κ2) is 9.27. The molecule has 0 saturated heterocycles. The Labute approximate surface area is 176 Å². The smallest absolute Gasteiger partial charge is 0.317 e. The number of sulfonamides is 1. The maximum absolute atomic E-state index is 12.6. The zero-order chi connectivity index (χ0) is 21.7. The molecule has 0 unspecified atom stereocenters. The van der Waals surface area contributed by atoms with E-state index in [1.807, 2.05) is 30.3 Å². The van der Waals surface area contributed by atoms with E-state index >= 15 is 0 Å². The minimum absolute atomic E-state index is 0.107. The van der Waals surface area contributed by atoms with Gasteiger partial charge in [0.2, 0.25) is 15.9 Å². The number of anilines is 1. The van der Waals surface area contributed by atoms with Crippen molar-refractivity contribution in [2.45, 2.75) is 24.3 Å². The lowest BCUT2D eigenvalue weighted by molar-refractivity contribution is -0.118. The molecule has 2 aromatic carbocycles. The van der Waals surface area contributed by atoms with E-state index in [1.54, 1.807) is 29.0 Å². The molecule has 3 rings (SSSR count). The van der Waals surface area contributed by atoms with Gasteiger partial charge in [-0.05, 0) is 42.8 Å². The maximum atomic E-state index is 12.6. The van der Waals surface area contributed by atoms with Gasteiger partial charge in [0.05, 0.1) is 4.90 Å². The van der Waals surface area contributed by atoms with Crippen LogP contribution in [0.4, 0.5) is 10.5 Å². The lowest BCUT2D eigenvalue weighted by atomic mass is 10.2. The highest BCUT2D eigenvalue weighted by Gasteiger charge is 2.26. The van der Waals surface area contributed by atoms with Crippen LogP contribution in [-0.2, 0) is 27.8 Å². The molecule has 0 spiro atoms. The molecule has 1 aliphatic heterocycles. The molecular formula is C21H26N4O4S. The lowest BCUT2D eigenvalue weighted by Gasteiger charge is -2.20. The van der Waals surface area contributed by atoms with Crippen molar-refractivity contribution in [3.63, 3.8) is 0 Å². The summed E-state index contributed by atoms with van der Waals surface area (Å²) in [5.41, 5.74) is 2.58. The molecular weight excluding hydrogens is 404 g/mol. The van der Waals surface area contributed by atoms with Crippen molar-refractivity contribution in [3.8, 4) is 0 Å². The van der Waals surface area contributed by atoms with Crippen LogP contribution in [0.25, 0.3) is 0 Å². The first-order valence-electron chi connectivity index (χ1n) is 9.71. The van der Waals surface area contributed by atoms with Gasteiger partial charge in [-0.25, -0.2) is 17.9 Å². The molecule has 2 aromatic rings. The Balaban J connectivity index is 1.52.